The van der Waals surface area contributed by atoms with Crippen molar-refractivity contribution in [1.82, 2.24) is 0 Å². The number of rotatable bonds is 20. The molecule has 66 heavy (non-hydrogen) atoms. The number of hydrogen-bond acceptors (Lipinski definition) is 15. The van der Waals surface area contributed by atoms with Gasteiger partial charge in [0.05, 0.1) is 6.42 Å². The fourth-order valence-electron chi connectivity index (χ4n) is 9.30. The van der Waals surface area contributed by atoms with Crippen molar-refractivity contribution in [2.24, 2.45) is 29.1 Å². The van der Waals surface area contributed by atoms with Crippen molar-refractivity contribution in [1.29, 1.82) is 0 Å². The van der Waals surface area contributed by atoms with Crippen LogP contribution in [0.4, 0.5) is 0 Å². The minimum Gasteiger partial charge on any atom is -0.462 e. The minimum absolute atomic E-state index is 0.0191. The third-order valence-electron chi connectivity index (χ3n) is 12.9. The lowest BCUT2D eigenvalue weighted by Crippen LogP contribution is -2.39. The molecule has 0 aromatic carbocycles. The van der Waals surface area contributed by atoms with Crippen LogP contribution in [0.1, 0.15) is 203 Å². The van der Waals surface area contributed by atoms with Crippen molar-refractivity contribution in [3.8, 4) is 0 Å². The zero-order valence-corrected chi connectivity index (χ0v) is 41.2. The van der Waals surface area contributed by atoms with Gasteiger partial charge in [-0.2, -0.15) is 0 Å². The van der Waals surface area contributed by atoms with E-state index in [1.807, 2.05) is 20.8 Å². The smallest absolute Gasteiger partial charge is 0.317 e. The molecule has 0 bridgehead atoms. The molecule has 0 aromatic rings. The van der Waals surface area contributed by atoms with Crippen LogP contribution in [0.3, 0.4) is 0 Å². The van der Waals surface area contributed by atoms with Gasteiger partial charge in [-0.15, -0.1) is 0 Å². The quantitative estimate of drug-likeness (QED) is 0.0635. The number of carbonyl (C=O) groups is 9. The summed E-state index contributed by atoms with van der Waals surface area (Å²) in [6.07, 6.45) is 8.00. The molecule has 0 radical (unpaired) electrons. The molecular formula is C51H80O15. The molecule has 15 heteroatoms. The van der Waals surface area contributed by atoms with Gasteiger partial charge in [0.2, 0.25) is 0 Å². The Morgan fingerprint density at radius 3 is 1.15 bits per heavy atom. The number of hydrogen-bond donors (Lipinski definition) is 0. The van der Waals surface area contributed by atoms with E-state index in [4.69, 9.17) is 28.4 Å². The number of carbonyl (C=O) groups excluding carboxylic acids is 9. The van der Waals surface area contributed by atoms with Crippen molar-refractivity contribution in [2.45, 2.75) is 240 Å². The summed E-state index contributed by atoms with van der Waals surface area (Å²) in [6, 6.07) is 0. The monoisotopic (exact) mass is 933 g/mol. The summed E-state index contributed by atoms with van der Waals surface area (Å²) in [5.74, 6) is -8.84. The highest BCUT2D eigenvalue weighted by Crippen LogP contribution is 2.30. The van der Waals surface area contributed by atoms with Gasteiger partial charge in [-0.3, -0.25) is 43.2 Å². The largest absolute Gasteiger partial charge is 0.462 e. The Morgan fingerprint density at radius 1 is 0.424 bits per heavy atom. The van der Waals surface area contributed by atoms with Crippen LogP contribution in [0.2, 0.25) is 0 Å². The van der Waals surface area contributed by atoms with Gasteiger partial charge in [-0.1, -0.05) is 53.9 Å². The first-order valence-corrected chi connectivity index (χ1v) is 24.8. The Bertz CT molecular complexity index is 1630. The van der Waals surface area contributed by atoms with Crippen molar-refractivity contribution in [2.75, 3.05) is 0 Å². The lowest BCUT2D eigenvalue weighted by Gasteiger charge is -2.32. The predicted octanol–water partition coefficient (Wildman–Crippen LogP) is 8.79. The molecule has 6 atom stereocenters. The van der Waals surface area contributed by atoms with Crippen molar-refractivity contribution in [3.63, 3.8) is 0 Å². The molecule has 3 aliphatic rings. The molecule has 374 valence electrons. The van der Waals surface area contributed by atoms with Gasteiger partial charge in [-0.05, 0) is 128 Å². The van der Waals surface area contributed by atoms with Crippen LogP contribution in [-0.2, 0) is 71.6 Å². The highest BCUT2D eigenvalue weighted by Gasteiger charge is 2.37. The Labute approximate surface area is 392 Å². The van der Waals surface area contributed by atoms with Gasteiger partial charge in [-0.25, -0.2) is 0 Å². The average molecular weight is 933 g/mol. The van der Waals surface area contributed by atoms with E-state index >= 15 is 0 Å². The van der Waals surface area contributed by atoms with Gasteiger partial charge in [0.1, 0.15) is 71.7 Å². The van der Waals surface area contributed by atoms with E-state index in [-0.39, 0.29) is 92.8 Å². The lowest BCUT2D eigenvalue weighted by molar-refractivity contribution is -0.168. The number of ketones is 3. The molecule has 0 heterocycles. The summed E-state index contributed by atoms with van der Waals surface area (Å²) in [5, 5.41) is 0. The van der Waals surface area contributed by atoms with Crippen molar-refractivity contribution >= 4 is 53.2 Å². The van der Waals surface area contributed by atoms with Crippen LogP contribution in [0, 0.1) is 29.1 Å². The van der Waals surface area contributed by atoms with E-state index < -0.39 is 77.5 Å². The molecule has 0 aliphatic heterocycles. The average Bonchev–Trinajstić information content (AvgIpc) is 3.15. The third kappa shape index (κ3) is 21.2. The molecule has 15 nitrogen and oxygen atoms in total. The summed E-state index contributed by atoms with van der Waals surface area (Å²) in [6.45, 7) is 13.3. The lowest BCUT2D eigenvalue weighted by atomic mass is 9.91. The third-order valence-corrected chi connectivity index (χ3v) is 12.9. The van der Waals surface area contributed by atoms with E-state index in [1.165, 1.54) is 20.8 Å². The van der Waals surface area contributed by atoms with Gasteiger partial charge in [0, 0.05) is 25.7 Å². The van der Waals surface area contributed by atoms with Crippen LogP contribution < -0.4 is 0 Å². The van der Waals surface area contributed by atoms with Gasteiger partial charge in [0.15, 0.2) is 0 Å². The SMILES string of the molecule is CC(=O)C(CCC(=O)OC1CCCC(OC(=O)CC(C)(C)C)CCC1)C(=O)OC1CCCC(OC(=O)C(C(C)=O)C(C)C)CC(OC(=O)C(CCC(=O)OC2CCCCCCC2)C(C)=O)C1. The zero-order valence-electron chi connectivity index (χ0n) is 41.2. The molecule has 0 N–H and O–H groups in total. The Morgan fingerprint density at radius 2 is 0.773 bits per heavy atom. The Kier molecular flexibility index (Phi) is 24.0. The van der Waals surface area contributed by atoms with E-state index in [0.717, 1.165) is 44.9 Å². The molecule has 3 aliphatic carbocycles. The molecule has 0 aromatic heterocycles. The van der Waals surface area contributed by atoms with E-state index in [1.54, 1.807) is 13.8 Å². The van der Waals surface area contributed by atoms with Gasteiger partial charge in [0.25, 0.3) is 0 Å². The summed E-state index contributed by atoms with van der Waals surface area (Å²) in [7, 11) is 0. The summed E-state index contributed by atoms with van der Waals surface area (Å²) >= 11 is 0. The van der Waals surface area contributed by atoms with Gasteiger partial charge < -0.3 is 28.4 Å². The van der Waals surface area contributed by atoms with E-state index in [9.17, 15) is 43.2 Å². The second kappa shape index (κ2) is 28.2. The van der Waals surface area contributed by atoms with E-state index in [0.29, 0.717) is 51.4 Å². The summed E-state index contributed by atoms with van der Waals surface area (Å²) in [5.41, 5.74) is -0.166. The minimum atomic E-state index is -1.28. The molecule has 3 rings (SSSR count). The van der Waals surface area contributed by atoms with Crippen molar-refractivity contribution in [3.05, 3.63) is 0 Å². The molecule has 0 amide bonds. The van der Waals surface area contributed by atoms with Crippen LogP contribution in [0.25, 0.3) is 0 Å². The number of Topliss-reactive ketones (excluding diaryl/α,β-unsaturated/α-hetero) is 3. The highest BCUT2D eigenvalue weighted by molar-refractivity contribution is 5.99. The molecule has 6 unspecified atom stereocenters. The highest BCUT2D eigenvalue weighted by atomic mass is 16.6. The predicted molar refractivity (Wildman–Crippen MR) is 242 cm³/mol. The summed E-state index contributed by atoms with van der Waals surface area (Å²) in [4.78, 5) is 117. The Hall–Kier alpha value is -4.17. The standard InChI is InChI=1S/C51H80O15/c1-32(2)47(35(5)54)50(60)65-40-24-16-23-39(29-41(30-40)66-49(59)43(34(4)53)26-28-44(55)61-36-17-12-10-9-11-13-18-36)64-48(58)42(33(3)52)25-27-45(56)62-37-19-14-21-38(22-15-20-37)63-46(57)31-51(6,7)8/h32,36-43,47H,9-31H2,1-8H3. The van der Waals surface area contributed by atoms with Crippen molar-refractivity contribution < 1.29 is 71.6 Å². The first-order valence-electron chi connectivity index (χ1n) is 24.8. The van der Waals surface area contributed by atoms with E-state index in [2.05, 4.69) is 0 Å². The normalized spacial score (nSPS) is 23.9. The van der Waals surface area contributed by atoms with Crippen LogP contribution in [0.5, 0.6) is 0 Å². The molecular weight excluding hydrogens is 853 g/mol. The summed E-state index contributed by atoms with van der Waals surface area (Å²) < 4.78 is 34.9. The fraction of sp³-hybridized carbons (Fsp3) is 0.824. The molecule has 3 saturated carbocycles. The number of ether oxygens (including phenoxy) is 6. The topological polar surface area (TPSA) is 209 Å². The molecule has 0 saturated heterocycles. The zero-order chi connectivity index (χ0) is 49.0. The Balaban J connectivity index is 1.65. The maximum absolute atomic E-state index is 13.7. The fourth-order valence-corrected chi connectivity index (χ4v) is 9.30. The second-order valence-electron chi connectivity index (χ2n) is 20.6. The first-order chi connectivity index (χ1) is 31.1. The van der Waals surface area contributed by atoms with Gasteiger partial charge >= 0.3 is 35.8 Å². The maximum Gasteiger partial charge on any atom is 0.317 e. The first kappa shape index (κ1) is 56.2. The molecule has 3 fully saturated rings. The van der Waals surface area contributed by atoms with Crippen LogP contribution >= 0.6 is 0 Å². The second-order valence-corrected chi connectivity index (χ2v) is 20.6. The van der Waals surface area contributed by atoms with Crippen LogP contribution in [-0.4, -0.2) is 89.8 Å². The maximum atomic E-state index is 13.7. The number of esters is 6. The molecule has 0 spiro atoms. The van der Waals surface area contributed by atoms with Crippen LogP contribution in [0.15, 0.2) is 0 Å².